The minimum absolute atomic E-state index is 0.807. The van der Waals surface area contributed by atoms with Crippen LogP contribution in [0.5, 0.6) is 0 Å². The van der Waals surface area contributed by atoms with Gasteiger partial charge < -0.3 is 14.8 Å². The van der Waals surface area contributed by atoms with Crippen LogP contribution in [0, 0.1) is 0 Å². The summed E-state index contributed by atoms with van der Waals surface area (Å²) in [5.74, 6) is 0.907. The van der Waals surface area contributed by atoms with E-state index >= 15 is 0 Å². The molecule has 0 unspecified atom stereocenters. The summed E-state index contributed by atoms with van der Waals surface area (Å²) in [5.41, 5.74) is 1.24. The summed E-state index contributed by atoms with van der Waals surface area (Å²) in [5, 5.41) is 11.0. The van der Waals surface area contributed by atoms with Gasteiger partial charge in [0.2, 0.25) is 0 Å². The molecule has 0 aliphatic carbocycles. The van der Waals surface area contributed by atoms with Gasteiger partial charge in [0.15, 0.2) is 5.96 Å². The number of nitrogens with zero attached hydrogens (tertiary/aromatic N) is 5. The van der Waals surface area contributed by atoms with Crippen molar-refractivity contribution >= 4 is 21.9 Å². The maximum atomic E-state index is 4.35. The van der Waals surface area contributed by atoms with Gasteiger partial charge in [0.25, 0.3) is 0 Å². The van der Waals surface area contributed by atoms with Gasteiger partial charge >= 0.3 is 0 Å². The van der Waals surface area contributed by atoms with E-state index in [1.807, 2.05) is 24.7 Å². The second-order valence-corrected chi connectivity index (χ2v) is 6.18. The van der Waals surface area contributed by atoms with Crippen molar-refractivity contribution in [3.63, 3.8) is 0 Å². The molecule has 0 amide bonds. The number of halogens is 1. The van der Waals surface area contributed by atoms with Crippen LogP contribution in [0.15, 0.2) is 46.4 Å². The first-order chi connectivity index (χ1) is 11.2. The number of benzene rings is 1. The van der Waals surface area contributed by atoms with E-state index in [2.05, 4.69) is 59.5 Å². The molecular weight excluding hydrogens is 356 g/mol. The van der Waals surface area contributed by atoms with Gasteiger partial charge in [-0.05, 0) is 24.5 Å². The van der Waals surface area contributed by atoms with E-state index in [0.717, 1.165) is 42.9 Å². The molecule has 1 aromatic carbocycles. The molecule has 2 aromatic rings. The van der Waals surface area contributed by atoms with Crippen LogP contribution in [0.4, 0.5) is 0 Å². The van der Waals surface area contributed by atoms with E-state index < -0.39 is 0 Å². The summed E-state index contributed by atoms with van der Waals surface area (Å²) in [6.07, 6.45) is 5.64. The fourth-order valence-electron chi connectivity index (χ4n) is 2.30. The van der Waals surface area contributed by atoms with Crippen molar-refractivity contribution in [3.8, 4) is 0 Å². The number of nitrogens with one attached hydrogen (secondary N) is 1. The number of hydrogen-bond donors (Lipinski definition) is 1. The third-order valence-electron chi connectivity index (χ3n) is 3.53. The first-order valence-corrected chi connectivity index (χ1v) is 8.47. The van der Waals surface area contributed by atoms with Crippen molar-refractivity contribution < 1.29 is 0 Å². The predicted molar refractivity (Wildman–Crippen MR) is 96.2 cm³/mol. The Morgan fingerprint density at radius 2 is 2.00 bits per heavy atom. The van der Waals surface area contributed by atoms with Gasteiger partial charge in [0.05, 0.1) is 0 Å². The first-order valence-electron chi connectivity index (χ1n) is 7.68. The third kappa shape index (κ3) is 5.67. The highest BCUT2D eigenvalue weighted by Crippen LogP contribution is 2.17. The molecule has 0 saturated heterocycles. The average Bonchev–Trinajstić information content (AvgIpc) is 3.06. The van der Waals surface area contributed by atoms with Crippen LogP contribution >= 0.6 is 15.9 Å². The van der Waals surface area contributed by atoms with Crippen molar-refractivity contribution in [1.82, 2.24) is 25.0 Å². The van der Waals surface area contributed by atoms with E-state index in [9.17, 15) is 0 Å². The second kappa shape index (κ2) is 9.29. The fraction of sp³-hybridized carbons (Fsp3) is 0.438. The zero-order chi connectivity index (χ0) is 16.5. The number of aliphatic imine (C=N–C) groups is 1. The Labute approximate surface area is 145 Å². The highest BCUT2D eigenvalue weighted by atomic mass is 79.9. The molecule has 0 atom stereocenters. The lowest BCUT2D eigenvalue weighted by molar-refractivity contribution is 0.472. The molecule has 2 rings (SSSR count). The number of aromatic nitrogens is 3. The Bertz CT molecular complexity index is 611. The van der Waals surface area contributed by atoms with E-state index in [0.29, 0.717) is 0 Å². The number of guanidine groups is 1. The van der Waals surface area contributed by atoms with Crippen LogP contribution in [-0.4, -0.2) is 46.3 Å². The minimum atomic E-state index is 0.807. The minimum Gasteiger partial charge on any atom is -0.356 e. The Hall–Kier alpha value is -1.89. The summed E-state index contributed by atoms with van der Waals surface area (Å²) in [7, 11) is 3.86. The quantitative estimate of drug-likeness (QED) is 0.456. The lowest BCUT2D eigenvalue weighted by Gasteiger charge is -2.22. The fourth-order valence-corrected chi connectivity index (χ4v) is 2.71. The van der Waals surface area contributed by atoms with Crippen molar-refractivity contribution in [1.29, 1.82) is 0 Å². The molecule has 0 aliphatic heterocycles. The largest absolute Gasteiger partial charge is 0.356 e. The number of unbranched alkanes of at least 4 members (excludes halogenated alkanes) is 1. The number of rotatable bonds is 7. The molecule has 124 valence electrons. The average molecular weight is 379 g/mol. The summed E-state index contributed by atoms with van der Waals surface area (Å²) < 4.78 is 3.12. The Balaban J connectivity index is 1.73. The summed E-state index contributed by atoms with van der Waals surface area (Å²) in [6.45, 7) is 2.65. The predicted octanol–water partition coefficient (Wildman–Crippen LogP) is 2.53. The molecule has 0 radical (unpaired) electrons. The van der Waals surface area contributed by atoms with Crippen LogP contribution in [0.2, 0.25) is 0 Å². The highest BCUT2D eigenvalue weighted by Gasteiger charge is 2.08. The van der Waals surface area contributed by atoms with Gasteiger partial charge in [-0.15, -0.1) is 10.2 Å². The zero-order valence-corrected chi connectivity index (χ0v) is 15.2. The van der Waals surface area contributed by atoms with E-state index in [1.54, 1.807) is 12.7 Å². The molecule has 0 bridgehead atoms. The SMILES string of the molecule is CN=C(NCCCCn1cnnc1)N(C)Cc1ccccc1Br. The van der Waals surface area contributed by atoms with Crippen LogP contribution in [0.1, 0.15) is 18.4 Å². The summed E-state index contributed by atoms with van der Waals surface area (Å²) >= 11 is 3.59. The Kier molecular flexibility index (Phi) is 7.06. The van der Waals surface area contributed by atoms with Crippen LogP contribution in [0.25, 0.3) is 0 Å². The topological polar surface area (TPSA) is 58.3 Å². The summed E-state index contributed by atoms with van der Waals surface area (Å²) in [4.78, 5) is 6.48. The Morgan fingerprint density at radius 1 is 1.26 bits per heavy atom. The molecule has 1 aromatic heterocycles. The standard InChI is InChI=1S/C16H23BrN6/c1-18-16(19-9-5-6-10-23-12-20-21-13-23)22(2)11-14-7-3-4-8-15(14)17/h3-4,7-8,12-13H,5-6,9-11H2,1-2H3,(H,18,19). The first kappa shape index (κ1) is 17.5. The number of aryl methyl sites for hydroxylation is 1. The third-order valence-corrected chi connectivity index (χ3v) is 4.31. The Morgan fingerprint density at radius 3 is 2.70 bits per heavy atom. The van der Waals surface area contributed by atoms with Gasteiger partial charge in [-0.1, -0.05) is 34.1 Å². The van der Waals surface area contributed by atoms with E-state index in [4.69, 9.17) is 0 Å². The summed E-state index contributed by atoms with van der Waals surface area (Å²) in [6, 6.07) is 8.25. The molecule has 1 heterocycles. The lowest BCUT2D eigenvalue weighted by Crippen LogP contribution is -2.39. The van der Waals surface area contributed by atoms with Gasteiger partial charge in [0.1, 0.15) is 12.7 Å². The van der Waals surface area contributed by atoms with Crippen LogP contribution < -0.4 is 5.32 Å². The zero-order valence-electron chi connectivity index (χ0n) is 13.6. The maximum Gasteiger partial charge on any atom is 0.193 e. The van der Waals surface area contributed by atoms with E-state index in [1.165, 1.54) is 5.56 Å². The normalized spacial score (nSPS) is 11.5. The van der Waals surface area contributed by atoms with Gasteiger partial charge in [-0.3, -0.25) is 4.99 Å². The molecule has 0 fully saturated rings. The van der Waals surface area contributed by atoms with Crippen LogP contribution in [-0.2, 0) is 13.1 Å². The monoisotopic (exact) mass is 378 g/mol. The smallest absolute Gasteiger partial charge is 0.193 e. The van der Waals surface area contributed by atoms with Gasteiger partial charge in [-0.25, -0.2) is 0 Å². The molecule has 7 heteroatoms. The van der Waals surface area contributed by atoms with Gasteiger partial charge in [-0.2, -0.15) is 0 Å². The molecular formula is C16H23BrN6. The molecule has 0 spiro atoms. The molecule has 0 aliphatic rings. The van der Waals surface area contributed by atoms with Gasteiger partial charge in [0, 0.05) is 38.2 Å². The highest BCUT2D eigenvalue weighted by molar-refractivity contribution is 9.10. The van der Waals surface area contributed by atoms with Crippen molar-refractivity contribution in [3.05, 3.63) is 47.0 Å². The van der Waals surface area contributed by atoms with Crippen molar-refractivity contribution in [2.75, 3.05) is 20.6 Å². The van der Waals surface area contributed by atoms with E-state index in [-0.39, 0.29) is 0 Å². The molecule has 23 heavy (non-hydrogen) atoms. The molecule has 6 nitrogen and oxygen atoms in total. The molecule has 0 saturated carbocycles. The molecule has 1 N–H and O–H groups in total. The van der Waals surface area contributed by atoms with Crippen LogP contribution in [0.3, 0.4) is 0 Å². The lowest BCUT2D eigenvalue weighted by atomic mass is 10.2. The van der Waals surface area contributed by atoms with Crippen molar-refractivity contribution in [2.24, 2.45) is 4.99 Å². The maximum absolute atomic E-state index is 4.35. The number of hydrogen-bond acceptors (Lipinski definition) is 3. The van der Waals surface area contributed by atoms with Crippen molar-refractivity contribution in [2.45, 2.75) is 25.9 Å². The second-order valence-electron chi connectivity index (χ2n) is 5.33.